The molecule has 1 heteroatoms. The van der Waals surface area contributed by atoms with Crippen molar-refractivity contribution >= 4 is 0 Å². The molecule has 0 radical (unpaired) electrons. The molecular weight excluding hydrogens is 170 g/mol. The molecule has 0 bridgehead atoms. The Morgan fingerprint density at radius 1 is 1.29 bits per heavy atom. The zero-order valence-electron chi connectivity index (χ0n) is 8.75. The van der Waals surface area contributed by atoms with Crippen LogP contribution in [0.5, 0.6) is 0 Å². The second-order valence-electron chi connectivity index (χ2n) is 4.57. The van der Waals surface area contributed by atoms with Gasteiger partial charge in [-0.1, -0.05) is 36.8 Å². The minimum absolute atomic E-state index is 0.173. The Kier molecular flexibility index (Phi) is 2.07. The quantitative estimate of drug-likeness (QED) is 0.659. The summed E-state index contributed by atoms with van der Waals surface area (Å²) in [5.74, 6) is 0.705. The maximum absolute atomic E-state index is 9.23. The summed E-state index contributed by atoms with van der Waals surface area (Å²) in [5.41, 5.74) is 2.28. The Bertz CT molecular complexity index is 363. The van der Waals surface area contributed by atoms with Crippen molar-refractivity contribution in [1.29, 1.82) is 5.26 Å². The second-order valence-corrected chi connectivity index (χ2v) is 4.57. The van der Waals surface area contributed by atoms with Gasteiger partial charge in [-0.2, -0.15) is 5.26 Å². The molecule has 0 saturated heterocycles. The standard InChI is InChI=1S/C13H15N/c1-10-3-5-12(6-4-10)13(9-14)7-11(2)8-13/h3-6,11H,7-8H2,1-2H3. The highest BCUT2D eigenvalue weighted by atomic mass is 14.5. The predicted octanol–water partition coefficient (Wildman–Crippen LogP) is 3.19. The van der Waals surface area contributed by atoms with Gasteiger partial charge in [-0.3, -0.25) is 0 Å². The van der Waals surface area contributed by atoms with Crippen LogP contribution in [0.3, 0.4) is 0 Å². The summed E-state index contributed by atoms with van der Waals surface area (Å²) in [7, 11) is 0. The van der Waals surface area contributed by atoms with E-state index in [0.29, 0.717) is 5.92 Å². The van der Waals surface area contributed by atoms with Gasteiger partial charge in [0.15, 0.2) is 0 Å². The number of nitrogens with zero attached hydrogens (tertiary/aromatic N) is 1. The molecule has 0 spiro atoms. The summed E-state index contributed by atoms with van der Waals surface area (Å²) >= 11 is 0. The number of hydrogen-bond donors (Lipinski definition) is 0. The van der Waals surface area contributed by atoms with Gasteiger partial charge in [-0.15, -0.1) is 0 Å². The monoisotopic (exact) mass is 185 g/mol. The lowest BCUT2D eigenvalue weighted by molar-refractivity contribution is 0.217. The van der Waals surface area contributed by atoms with Crippen molar-refractivity contribution in [3.8, 4) is 6.07 Å². The molecule has 1 aromatic carbocycles. The fraction of sp³-hybridized carbons (Fsp3) is 0.462. The highest BCUT2D eigenvalue weighted by Gasteiger charge is 2.43. The zero-order chi connectivity index (χ0) is 10.2. The number of benzene rings is 1. The maximum Gasteiger partial charge on any atom is 0.0827 e. The summed E-state index contributed by atoms with van der Waals surface area (Å²) in [6, 6.07) is 10.9. The van der Waals surface area contributed by atoms with Gasteiger partial charge in [-0.25, -0.2) is 0 Å². The first-order valence-electron chi connectivity index (χ1n) is 5.15. The lowest BCUT2D eigenvalue weighted by Gasteiger charge is -2.41. The van der Waals surface area contributed by atoms with Crippen LogP contribution >= 0.6 is 0 Å². The van der Waals surface area contributed by atoms with Crippen LogP contribution < -0.4 is 0 Å². The zero-order valence-corrected chi connectivity index (χ0v) is 8.75. The molecule has 1 saturated carbocycles. The number of aryl methyl sites for hydroxylation is 1. The van der Waals surface area contributed by atoms with Gasteiger partial charge in [0.2, 0.25) is 0 Å². The Morgan fingerprint density at radius 2 is 1.86 bits per heavy atom. The van der Waals surface area contributed by atoms with E-state index >= 15 is 0 Å². The van der Waals surface area contributed by atoms with Gasteiger partial charge in [0.1, 0.15) is 0 Å². The van der Waals surface area contributed by atoms with E-state index in [1.165, 1.54) is 11.1 Å². The normalized spacial score (nSPS) is 30.5. The fourth-order valence-corrected chi connectivity index (χ4v) is 2.39. The summed E-state index contributed by atoms with van der Waals surface area (Å²) in [6.07, 6.45) is 2.04. The Hall–Kier alpha value is -1.29. The predicted molar refractivity (Wildman–Crippen MR) is 56.9 cm³/mol. The van der Waals surface area contributed by atoms with E-state index in [4.69, 9.17) is 0 Å². The van der Waals surface area contributed by atoms with Crippen LogP contribution in [0.1, 0.15) is 30.9 Å². The van der Waals surface area contributed by atoms with E-state index in [-0.39, 0.29) is 5.41 Å². The summed E-state index contributed by atoms with van der Waals surface area (Å²) in [6.45, 7) is 4.29. The van der Waals surface area contributed by atoms with E-state index in [1.807, 2.05) is 0 Å². The van der Waals surface area contributed by atoms with Gasteiger partial charge in [0.25, 0.3) is 0 Å². The molecule has 2 rings (SSSR count). The SMILES string of the molecule is Cc1ccc(C2(C#N)CC(C)C2)cc1. The van der Waals surface area contributed by atoms with Crippen molar-refractivity contribution in [2.45, 2.75) is 32.1 Å². The average molecular weight is 185 g/mol. The highest BCUT2D eigenvalue weighted by molar-refractivity contribution is 5.37. The van der Waals surface area contributed by atoms with Gasteiger partial charge < -0.3 is 0 Å². The smallest absolute Gasteiger partial charge is 0.0827 e. The third-order valence-corrected chi connectivity index (χ3v) is 3.21. The van der Waals surface area contributed by atoms with Crippen molar-refractivity contribution in [2.24, 2.45) is 5.92 Å². The molecule has 0 heterocycles. The minimum Gasteiger partial charge on any atom is -0.197 e. The van der Waals surface area contributed by atoms with Crippen LogP contribution in [-0.2, 0) is 5.41 Å². The molecule has 1 aliphatic rings. The van der Waals surface area contributed by atoms with Crippen LogP contribution in [0.2, 0.25) is 0 Å². The van der Waals surface area contributed by atoms with Crippen molar-refractivity contribution in [3.05, 3.63) is 35.4 Å². The maximum atomic E-state index is 9.23. The molecule has 1 fully saturated rings. The molecule has 1 aromatic rings. The van der Waals surface area contributed by atoms with Gasteiger partial charge in [0, 0.05) is 0 Å². The second kappa shape index (κ2) is 3.13. The van der Waals surface area contributed by atoms with E-state index < -0.39 is 0 Å². The summed E-state index contributed by atoms with van der Waals surface area (Å²) in [5, 5.41) is 9.23. The molecule has 0 N–H and O–H groups in total. The fourth-order valence-electron chi connectivity index (χ4n) is 2.39. The third kappa shape index (κ3) is 1.32. The van der Waals surface area contributed by atoms with Crippen molar-refractivity contribution in [1.82, 2.24) is 0 Å². The van der Waals surface area contributed by atoms with E-state index in [0.717, 1.165) is 12.8 Å². The van der Waals surface area contributed by atoms with Gasteiger partial charge in [0.05, 0.1) is 11.5 Å². The molecular formula is C13H15N. The molecule has 72 valence electrons. The van der Waals surface area contributed by atoms with E-state index in [2.05, 4.69) is 44.2 Å². The molecule has 14 heavy (non-hydrogen) atoms. The minimum atomic E-state index is -0.173. The van der Waals surface area contributed by atoms with Gasteiger partial charge in [-0.05, 0) is 31.2 Å². The first-order chi connectivity index (χ1) is 6.66. The van der Waals surface area contributed by atoms with Crippen LogP contribution in [0.25, 0.3) is 0 Å². The number of rotatable bonds is 1. The first-order valence-corrected chi connectivity index (χ1v) is 5.15. The first kappa shape index (κ1) is 9.27. The number of nitriles is 1. The molecule has 0 unspecified atom stereocenters. The average Bonchev–Trinajstić information content (AvgIpc) is 2.14. The van der Waals surface area contributed by atoms with Crippen LogP contribution in [0.4, 0.5) is 0 Å². The third-order valence-electron chi connectivity index (χ3n) is 3.21. The Morgan fingerprint density at radius 3 is 2.29 bits per heavy atom. The number of hydrogen-bond acceptors (Lipinski definition) is 1. The van der Waals surface area contributed by atoms with Crippen molar-refractivity contribution < 1.29 is 0 Å². The van der Waals surface area contributed by atoms with E-state index in [9.17, 15) is 5.26 Å². The topological polar surface area (TPSA) is 23.8 Å². The summed E-state index contributed by atoms with van der Waals surface area (Å²) < 4.78 is 0. The lowest BCUT2D eigenvalue weighted by atomic mass is 9.60. The largest absolute Gasteiger partial charge is 0.197 e. The molecule has 0 aromatic heterocycles. The van der Waals surface area contributed by atoms with Crippen LogP contribution in [0.15, 0.2) is 24.3 Å². The Labute approximate surface area is 85.4 Å². The molecule has 1 aliphatic carbocycles. The molecule has 0 amide bonds. The Balaban J connectivity index is 2.31. The van der Waals surface area contributed by atoms with Crippen molar-refractivity contribution in [3.63, 3.8) is 0 Å². The van der Waals surface area contributed by atoms with Crippen LogP contribution in [0, 0.1) is 24.2 Å². The highest BCUT2D eigenvalue weighted by Crippen LogP contribution is 2.46. The van der Waals surface area contributed by atoms with Gasteiger partial charge >= 0.3 is 0 Å². The van der Waals surface area contributed by atoms with Crippen LogP contribution in [-0.4, -0.2) is 0 Å². The molecule has 1 nitrogen and oxygen atoms in total. The lowest BCUT2D eigenvalue weighted by Crippen LogP contribution is -2.38. The van der Waals surface area contributed by atoms with E-state index in [1.54, 1.807) is 0 Å². The molecule has 0 aliphatic heterocycles. The summed E-state index contributed by atoms with van der Waals surface area (Å²) in [4.78, 5) is 0. The van der Waals surface area contributed by atoms with Crippen molar-refractivity contribution in [2.75, 3.05) is 0 Å². The molecule has 0 atom stereocenters.